The molecule has 0 unspecified atom stereocenters. The number of piperidine rings is 1. The first kappa shape index (κ1) is 20.1. The number of benzene rings is 2. The van der Waals surface area contributed by atoms with E-state index in [0.29, 0.717) is 5.56 Å². The zero-order valence-electron chi connectivity index (χ0n) is 17.9. The number of hydrogen-bond acceptors (Lipinski definition) is 3. The van der Waals surface area contributed by atoms with Crippen LogP contribution < -0.4 is 15.0 Å². The second-order valence-electron chi connectivity index (χ2n) is 7.93. The minimum atomic E-state index is 0.00500. The fourth-order valence-electron chi connectivity index (χ4n) is 4.18. The molecule has 5 nitrogen and oxygen atoms in total. The molecule has 156 valence electrons. The van der Waals surface area contributed by atoms with Crippen LogP contribution in [-0.4, -0.2) is 36.7 Å². The van der Waals surface area contributed by atoms with E-state index in [1.54, 1.807) is 7.11 Å². The molecule has 2 aromatic carbocycles. The monoisotopic (exact) mass is 403 g/mol. The topological polar surface area (TPSA) is 46.5 Å². The molecule has 0 radical (unpaired) electrons. The molecule has 0 spiro atoms. The Kier molecular flexibility index (Phi) is 5.79. The summed E-state index contributed by atoms with van der Waals surface area (Å²) in [7, 11) is 1.68. The fourth-order valence-corrected chi connectivity index (χ4v) is 4.18. The van der Waals surface area contributed by atoms with Crippen molar-refractivity contribution in [2.75, 3.05) is 25.1 Å². The Morgan fingerprint density at radius 1 is 0.867 bits per heavy atom. The lowest BCUT2D eigenvalue weighted by Gasteiger charge is -2.34. The Morgan fingerprint density at radius 2 is 1.43 bits per heavy atom. The normalized spacial score (nSPS) is 14.6. The van der Waals surface area contributed by atoms with Crippen LogP contribution in [0.3, 0.4) is 0 Å². The van der Waals surface area contributed by atoms with Crippen LogP contribution >= 0.6 is 0 Å². The molecule has 1 N–H and O–H groups in total. The summed E-state index contributed by atoms with van der Waals surface area (Å²) in [6, 6.07) is 20.4. The van der Waals surface area contributed by atoms with E-state index in [2.05, 4.69) is 52.9 Å². The first-order valence-electron chi connectivity index (χ1n) is 10.5. The van der Waals surface area contributed by atoms with Crippen molar-refractivity contribution in [2.24, 2.45) is 0 Å². The third kappa shape index (κ3) is 4.20. The van der Waals surface area contributed by atoms with Crippen molar-refractivity contribution >= 4 is 11.6 Å². The maximum atomic E-state index is 12.7. The number of amides is 1. The van der Waals surface area contributed by atoms with Crippen LogP contribution in [0.4, 0.5) is 5.69 Å². The van der Waals surface area contributed by atoms with E-state index < -0.39 is 0 Å². The summed E-state index contributed by atoms with van der Waals surface area (Å²) in [5.41, 5.74) is 5.37. The number of aryl methyl sites for hydroxylation is 2. The number of rotatable bonds is 5. The third-order valence-electron chi connectivity index (χ3n) is 5.93. The number of anilines is 1. The first-order chi connectivity index (χ1) is 14.5. The number of hydrogen-bond donors (Lipinski definition) is 1. The van der Waals surface area contributed by atoms with Gasteiger partial charge in [0, 0.05) is 47.5 Å². The van der Waals surface area contributed by atoms with Crippen molar-refractivity contribution in [2.45, 2.75) is 32.7 Å². The van der Waals surface area contributed by atoms with Gasteiger partial charge in [0.1, 0.15) is 5.75 Å². The summed E-state index contributed by atoms with van der Waals surface area (Å²) < 4.78 is 7.42. The summed E-state index contributed by atoms with van der Waals surface area (Å²) in [6.07, 6.45) is 1.88. The largest absolute Gasteiger partial charge is 0.497 e. The lowest BCUT2D eigenvalue weighted by molar-refractivity contribution is 0.0931. The molecule has 1 fully saturated rings. The smallest absolute Gasteiger partial charge is 0.251 e. The minimum Gasteiger partial charge on any atom is -0.497 e. The molecule has 1 aliphatic rings. The maximum Gasteiger partial charge on any atom is 0.251 e. The lowest BCUT2D eigenvalue weighted by Crippen LogP contribution is -2.44. The number of nitrogens with zero attached hydrogens (tertiary/aromatic N) is 2. The van der Waals surface area contributed by atoms with E-state index in [9.17, 15) is 4.79 Å². The molecule has 1 aliphatic heterocycles. The van der Waals surface area contributed by atoms with Crippen molar-refractivity contribution in [3.05, 3.63) is 77.6 Å². The Bertz CT molecular complexity index is 978. The summed E-state index contributed by atoms with van der Waals surface area (Å²) in [5.74, 6) is 0.874. The highest BCUT2D eigenvalue weighted by atomic mass is 16.5. The zero-order chi connectivity index (χ0) is 21.1. The summed E-state index contributed by atoms with van der Waals surface area (Å²) in [4.78, 5) is 15.1. The van der Waals surface area contributed by atoms with Crippen LogP contribution in [0.5, 0.6) is 5.75 Å². The molecule has 5 heteroatoms. The highest BCUT2D eigenvalue weighted by molar-refractivity contribution is 5.94. The van der Waals surface area contributed by atoms with Gasteiger partial charge in [-0.1, -0.05) is 0 Å². The van der Waals surface area contributed by atoms with E-state index in [4.69, 9.17) is 4.74 Å². The van der Waals surface area contributed by atoms with Gasteiger partial charge < -0.3 is 19.5 Å². The van der Waals surface area contributed by atoms with E-state index in [1.165, 1.54) is 17.1 Å². The van der Waals surface area contributed by atoms with Gasteiger partial charge in [0.2, 0.25) is 0 Å². The first-order valence-corrected chi connectivity index (χ1v) is 10.5. The minimum absolute atomic E-state index is 0.00500. The standard InChI is InChI=1S/C25H29N3O2/c1-18-4-5-19(2)28(18)23-8-6-20(7-9-23)25(29)26-21-14-16-27(17-15-21)22-10-12-24(30-3)13-11-22/h4-13,21H,14-17H2,1-3H3,(H,26,29). The second-order valence-corrected chi connectivity index (χ2v) is 7.93. The van der Waals surface area contributed by atoms with Crippen molar-refractivity contribution in [3.8, 4) is 11.4 Å². The molecule has 1 aromatic heterocycles. The van der Waals surface area contributed by atoms with Crippen molar-refractivity contribution in [1.82, 2.24) is 9.88 Å². The average molecular weight is 404 g/mol. The summed E-state index contributed by atoms with van der Waals surface area (Å²) in [6.45, 7) is 6.04. The molecule has 4 rings (SSSR count). The molecule has 2 heterocycles. The number of aromatic nitrogens is 1. The third-order valence-corrected chi connectivity index (χ3v) is 5.93. The SMILES string of the molecule is COc1ccc(N2CCC(NC(=O)c3ccc(-n4c(C)ccc4C)cc3)CC2)cc1. The van der Waals surface area contributed by atoms with Gasteiger partial charge in [-0.25, -0.2) is 0 Å². The predicted molar refractivity (Wildman–Crippen MR) is 121 cm³/mol. The maximum absolute atomic E-state index is 12.7. The summed E-state index contributed by atoms with van der Waals surface area (Å²) in [5, 5.41) is 3.21. The highest BCUT2D eigenvalue weighted by Crippen LogP contribution is 2.23. The van der Waals surface area contributed by atoms with Gasteiger partial charge in [-0.05, 0) is 87.4 Å². The zero-order valence-corrected chi connectivity index (χ0v) is 17.9. The highest BCUT2D eigenvalue weighted by Gasteiger charge is 2.21. The quantitative estimate of drug-likeness (QED) is 0.682. The Balaban J connectivity index is 1.33. The number of ether oxygens (including phenoxy) is 1. The molecular weight excluding hydrogens is 374 g/mol. The van der Waals surface area contributed by atoms with Crippen molar-refractivity contribution in [3.63, 3.8) is 0 Å². The van der Waals surface area contributed by atoms with Crippen LogP contribution in [0.15, 0.2) is 60.7 Å². The molecular formula is C25H29N3O2. The number of methoxy groups -OCH3 is 1. The van der Waals surface area contributed by atoms with Gasteiger partial charge >= 0.3 is 0 Å². The Labute approximate surface area is 178 Å². The van der Waals surface area contributed by atoms with E-state index in [1.807, 2.05) is 36.4 Å². The predicted octanol–water partition coefficient (Wildman–Crippen LogP) is 4.50. The van der Waals surface area contributed by atoms with Crippen LogP contribution in [0.1, 0.15) is 34.6 Å². The lowest BCUT2D eigenvalue weighted by atomic mass is 10.0. The van der Waals surface area contributed by atoms with Gasteiger partial charge in [-0.2, -0.15) is 0 Å². The average Bonchev–Trinajstić information content (AvgIpc) is 3.12. The van der Waals surface area contributed by atoms with Crippen LogP contribution in [0.2, 0.25) is 0 Å². The Hall–Kier alpha value is -3.21. The second kappa shape index (κ2) is 8.66. The molecule has 0 saturated carbocycles. The van der Waals surface area contributed by atoms with Crippen LogP contribution in [-0.2, 0) is 0 Å². The molecule has 30 heavy (non-hydrogen) atoms. The van der Waals surface area contributed by atoms with Crippen LogP contribution in [0, 0.1) is 13.8 Å². The van der Waals surface area contributed by atoms with E-state index in [-0.39, 0.29) is 11.9 Å². The van der Waals surface area contributed by atoms with Gasteiger partial charge in [-0.15, -0.1) is 0 Å². The Morgan fingerprint density at radius 3 is 2.00 bits per heavy atom. The van der Waals surface area contributed by atoms with Crippen molar-refractivity contribution < 1.29 is 9.53 Å². The fraction of sp³-hybridized carbons (Fsp3) is 0.320. The molecule has 0 atom stereocenters. The van der Waals surface area contributed by atoms with Gasteiger partial charge in [0.05, 0.1) is 7.11 Å². The number of carbonyl (C=O) groups is 1. The van der Waals surface area contributed by atoms with Gasteiger partial charge in [0.15, 0.2) is 0 Å². The molecule has 0 bridgehead atoms. The van der Waals surface area contributed by atoms with Gasteiger partial charge in [0.25, 0.3) is 5.91 Å². The molecule has 0 aliphatic carbocycles. The van der Waals surface area contributed by atoms with Gasteiger partial charge in [-0.3, -0.25) is 4.79 Å². The number of carbonyl (C=O) groups excluding carboxylic acids is 1. The van der Waals surface area contributed by atoms with Crippen LogP contribution in [0.25, 0.3) is 5.69 Å². The van der Waals surface area contributed by atoms with E-state index in [0.717, 1.165) is 37.4 Å². The van der Waals surface area contributed by atoms with Crippen molar-refractivity contribution in [1.29, 1.82) is 0 Å². The van der Waals surface area contributed by atoms with E-state index >= 15 is 0 Å². The molecule has 1 saturated heterocycles. The number of nitrogens with one attached hydrogen (secondary N) is 1. The summed E-state index contributed by atoms with van der Waals surface area (Å²) >= 11 is 0. The molecule has 3 aromatic rings. The molecule has 1 amide bonds.